The van der Waals surface area contributed by atoms with E-state index in [-0.39, 0.29) is 5.96 Å². The zero-order valence-electron chi connectivity index (χ0n) is 9.90. The topological polar surface area (TPSA) is 76.4 Å². The van der Waals surface area contributed by atoms with Gasteiger partial charge in [-0.05, 0) is 18.9 Å². The molecule has 0 saturated heterocycles. The van der Waals surface area contributed by atoms with Gasteiger partial charge >= 0.3 is 0 Å². The van der Waals surface area contributed by atoms with E-state index in [9.17, 15) is 0 Å². The fraction of sp³-hybridized carbons (Fsp3) is 0.250. The Bertz CT molecular complexity index is 327. The molecule has 0 unspecified atom stereocenters. The quantitative estimate of drug-likeness (QED) is 0.306. The van der Waals surface area contributed by atoms with Crippen molar-refractivity contribution < 1.29 is 0 Å². The average molecular weight is 220 g/mol. The molecule has 0 aliphatic heterocycles. The van der Waals surface area contributed by atoms with Gasteiger partial charge in [0.2, 0.25) is 5.96 Å². The van der Waals surface area contributed by atoms with Crippen LogP contribution in [0.5, 0.6) is 0 Å². The van der Waals surface area contributed by atoms with Gasteiger partial charge in [0.25, 0.3) is 0 Å². The Morgan fingerprint density at radius 3 is 2.31 bits per heavy atom. The number of nitrogens with two attached hydrogens (primary N) is 2. The highest BCUT2D eigenvalue weighted by atomic mass is 15.3. The summed E-state index contributed by atoms with van der Waals surface area (Å²) in [5.74, 6) is 4.97. The van der Waals surface area contributed by atoms with Crippen LogP contribution in [0.4, 0.5) is 0 Å². The first-order valence-corrected chi connectivity index (χ1v) is 5.10. The first kappa shape index (κ1) is 14.2. The lowest BCUT2D eigenvalue weighted by Crippen LogP contribution is -2.36. The minimum Gasteiger partial charge on any atom is -0.369 e. The number of nitrogens with one attached hydrogen (secondary N) is 1. The van der Waals surface area contributed by atoms with E-state index in [1.54, 1.807) is 0 Å². The number of rotatable bonds is 2. The molecular weight excluding hydrogens is 200 g/mol. The second-order valence-corrected chi connectivity index (χ2v) is 3.18. The molecule has 0 aliphatic rings. The Hall–Kier alpha value is -1.81. The van der Waals surface area contributed by atoms with E-state index in [1.807, 2.05) is 0 Å². The van der Waals surface area contributed by atoms with Crippen molar-refractivity contribution in [2.75, 3.05) is 0 Å². The van der Waals surface area contributed by atoms with Crippen LogP contribution in [0.2, 0.25) is 0 Å². The lowest BCUT2D eigenvalue weighted by molar-refractivity contribution is 1.01. The molecule has 0 radical (unpaired) electrons. The van der Waals surface area contributed by atoms with E-state index in [0.29, 0.717) is 0 Å². The van der Waals surface area contributed by atoms with Gasteiger partial charge < -0.3 is 5.73 Å². The second kappa shape index (κ2) is 8.49. The van der Waals surface area contributed by atoms with Crippen molar-refractivity contribution in [1.29, 1.82) is 0 Å². The molecule has 1 aromatic carbocycles. The van der Waals surface area contributed by atoms with Crippen molar-refractivity contribution in [1.82, 2.24) is 5.43 Å². The van der Waals surface area contributed by atoms with Crippen LogP contribution >= 0.6 is 0 Å². The predicted molar refractivity (Wildman–Crippen MR) is 69.7 cm³/mol. The molecule has 0 spiro atoms. The van der Waals surface area contributed by atoms with E-state index in [4.69, 9.17) is 11.6 Å². The molecule has 1 rings (SSSR count). The lowest BCUT2D eigenvalue weighted by Gasteiger charge is -1.94. The Morgan fingerprint density at radius 2 is 2.00 bits per heavy atom. The molecule has 0 aromatic heterocycles. The van der Waals surface area contributed by atoms with E-state index in [1.165, 1.54) is 17.3 Å². The molecular formula is C12H20N4. The largest absolute Gasteiger partial charge is 0.369 e. The van der Waals surface area contributed by atoms with Crippen LogP contribution in [-0.2, 0) is 6.42 Å². The van der Waals surface area contributed by atoms with Crippen LogP contribution in [0.25, 0.3) is 0 Å². The van der Waals surface area contributed by atoms with Crippen LogP contribution in [0.3, 0.4) is 0 Å². The monoisotopic (exact) mass is 220 g/mol. The Labute approximate surface area is 97.0 Å². The molecule has 88 valence electrons. The summed E-state index contributed by atoms with van der Waals surface area (Å²) in [5, 5.41) is 0. The molecule has 0 amide bonds. The highest BCUT2D eigenvalue weighted by molar-refractivity contribution is 5.77. The molecule has 0 fully saturated rings. The predicted octanol–water partition coefficient (Wildman–Crippen LogP) is 1.47. The number of hydrogen-bond donors (Lipinski definition) is 3. The summed E-state index contributed by atoms with van der Waals surface area (Å²) in [4.78, 5) is 3.47. The maximum Gasteiger partial charge on any atom is 0.207 e. The molecule has 0 heterocycles. The van der Waals surface area contributed by atoms with Gasteiger partial charge in [-0.25, -0.2) is 10.8 Å². The molecule has 5 N–H and O–H groups in total. The lowest BCUT2D eigenvalue weighted by atomic mass is 10.1. The first-order chi connectivity index (χ1) is 7.63. The van der Waals surface area contributed by atoms with Crippen molar-refractivity contribution in [3.05, 3.63) is 48.2 Å². The Morgan fingerprint density at radius 1 is 1.44 bits per heavy atom. The van der Waals surface area contributed by atoms with E-state index in [2.05, 4.69) is 55.1 Å². The smallest absolute Gasteiger partial charge is 0.207 e. The summed E-state index contributed by atoms with van der Waals surface area (Å²) in [6, 6.07) is 8.66. The summed E-state index contributed by atoms with van der Waals surface area (Å²) in [7, 11) is 0. The van der Waals surface area contributed by atoms with E-state index in [0.717, 1.165) is 6.42 Å². The highest BCUT2D eigenvalue weighted by Crippen LogP contribution is 2.02. The number of nitrogens with zero attached hydrogens (tertiary/aromatic N) is 1. The minimum absolute atomic E-state index is 0.162. The van der Waals surface area contributed by atoms with E-state index < -0.39 is 0 Å². The first-order valence-electron chi connectivity index (χ1n) is 5.10. The Balaban J connectivity index is 0.000000293. The van der Waals surface area contributed by atoms with Crippen LogP contribution < -0.4 is 17.0 Å². The molecule has 1 aromatic rings. The third-order valence-corrected chi connectivity index (χ3v) is 1.91. The fourth-order valence-corrected chi connectivity index (χ4v) is 0.959. The summed E-state index contributed by atoms with van der Waals surface area (Å²) in [5.41, 5.74) is 9.91. The zero-order valence-corrected chi connectivity index (χ0v) is 9.90. The summed E-state index contributed by atoms with van der Waals surface area (Å²) >= 11 is 0. The van der Waals surface area contributed by atoms with Gasteiger partial charge in [0, 0.05) is 6.20 Å². The van der Waals surface area contributed by atoms with Gasteiger partial charge in [0.15, 0.2) is 0 Å². The van der Waals surface area contributed by atoms with Crippen molar-refractivity contribution in [3.63, 3.8) is 0 Å². The van der Waals surface area contributed by atoms with E-state index >= 15 is 0 Å². The SMILES string of the molecule is C=CN=C(N)NN.CCc1ccc(C)cc1. The van der Waals surface area contributed by atoms with Gasteiger partial charge in [-0.1, -0.05) is 43.3 Å². The van der Waals surface area contributed by atoms with Gasteiger partial charge in [-0.3, -0.25) is 5.43 Å². The maximum absolute atomic E-state index is 5.03. The summed E-state index contributed by atoms with van der Waals surface area (Å²) < 4.78 is 0. The van der Waals surface area contributed by atoms with Gasteiger partial charge in [0.1, 0.15) is 0 Å². The van der Waals surface area contributed by atoms with Crippen molar-refractivity contribution in [2.45, 2.75) is 20.3 Å². The van der Waals surface area contributed by atoms with Crippen molar-refractivity contribution >= 4 is 5.96 Å². The zero-order chi connectivity index (χ0) is 12.4. The number of hydrazine groups is 1. The van der Waals surface area contributed by atoms with Crippen LogP contribution in [0.1, 0.15) is 18.1 Å². The molecule has 0 aliphatic carbocycles. The van der Waals surface area contributed by atoms with Gasteiger partial charge in [-0.2, -0.15) is 0 Å². The third kappa shape index (κ3) is 6.62. The average Bonchev–Trinajstić information content (AvgIpc) is 2.31. The second-order valence-electron chi connectivity index (χ2n) is 3.18. The third-order valence-electron chi connectivity index (χ3n) is 1.91. The molecule has 0 atom stereocenters. The van der Waals surface area contributed by atoms with Crippen LogP contribution in [0.15, 0.2) is 42.0 Å². The van der Waals surface area contributed by atoms with Crippen molar-refractivity contribution in [2.24, 2.45) is 16.6 Å². The number of hydrogen-bond acceptors (Lipinski definition) is 2. The number of aryl methyl sites for hydroxylation is 2. The maximum atomic E-state index is 5.03. The van der Waals surface area contributed by atoms with Gasteiger partial charge in [0.05, 0.1) is 0 Å². The van der Waals surface area contributed by atoms with Crippen LogP contribution in [-0.4, -0.2) is 5.96 Å². The molecule has 16 heavy (non-hydrogen) atoms. The highest BCUT2D eigenvalue weighted by Gasteiger charge is 1.84. The van der Waals surface area contributed by atoms with Crippen molar-refractivity contribution in [3.8, 4) is 0 Å². The molecule has 0 saturated carbocycles. The molecule has 4 nitrogen and oxygen atoms in total. The molecule has 0 bridgehead atoms. The Kier molecular flexibility index (Phi) is 7.53. The normalized spacial score (nSPS) is 10.1. The summed E-state index contributed by atoms with van der Waals surface area (Å²) in [6.45, 7) is 7.57. The standard InChI is InChI=1S/C9H12.C3H8N4/c1-3-9-6-4-8(2)5-7-9;1-2-6-3(4)7-5/h4-7H,3H2,1-2H3;2H,1,5H2,(H3,4,6,7). The van der Waals surface area contributed by atoms with Crippen LogP contribution in [0, 0.1) is 6.92 Å². The number of aliphatic imine (C=N–C) groups is 1. The number of guanidine groups is 1. The molecule has 4 heteroatoms. The minimum atomic E-state index is 0.162. The fourth-order valence-electron chi connectivity index (χ4n) is 0.959. The van der Waals surface area contributed by atoms with Gasteiger partial charge in [-0.15, -0.1) is 0 Å². The summed E-state index contributed by atoms with van der Waals surface area (Å²) in [6.07, 6.45) is 2.44. The number of benzene rings is 1.